The number of benzene rings is 1. The third-order valence-corrected chi connectivity index (χ3v) is 1.98. The van der Waals surface area contributed by atoms with Gasteiger partial charge in [-0.1, -0.05) is 30.3 Å². The molecule has 0 fully saturated rings. The largest absolute Gasteiger partial charge is 0.388 e. The molecule has 2 rings (SSSR count). The van der Waals surface area contributed by atoms with E-state index >= 15 is 0 Å². The molecule has 6 nitrogen and oxygen atoms in total. The summed E-state index contributed by atoms with van der Waals surface area (Å²) in [5.74, 6) is 0. The maximum absolute atomic E-state index is 8.60. The molecule has 0 unspecified atom stereocenters. The van der Waals surface area contributed by atoms with Crippen molar-refractivity contribution in [2.45, 2.75) is 0 Å². The molecule has 0 saturated carbocycles. The van der Waals surface area contributed by atoms with Crippen LogP contribution in [0.1, 0.15) is 5.56 Å². The van der Waals surface area contributed by atoms with Crippen LogP contribution in [0.5, 0.6) is 0 Å². The van der Waals surface area contributed by atoms with E-state index in [1.807, 2.05) is 30.6 Å². The van der Waals surface area contributed by atoms with Crippen LogP contribution in [0.3, 0.4) is 0 Å². The molecule has 18 heavy (non-hydrogen) atoms. The van der Waals surface area contributed by atoms with E-state index in [1.54, 1.807) is 0 Å². The molecule has 2 N–H and O–H groups in total. The van der Waals surface area contributed by atoms with Gasteiger partial charge in [0.05, 0.1) is 21.4 Å². The third kappa shape index (κ3) is 7.00. The highest BCUT2D eigenvalue weighted by molar-refractivity contribution is 6.09. The number of nitrogens with one attached hydrogen (secondary N) is 1. The van der Waals surface area contributed by atoms with E-state index in [9.17, 15) is 0 Å². The molecule has 0 amide bonds. The Labute approximate surface area is 107 Å². The van der Waals surface area contributed by atoms with Gasteiger partial charge < -0.3 is 5.32 Å². The molecule has 0 radical (unpaired) electrons. The Bertz CT molecular complexity index is 409. The van der Waals surface area contributed by atoms with E-state index in [4.69, 9.17) is 18.6 Å². The highest BCUT2D eigenvalue weighted by atomic mass is 35.7. The van der Waals surface area contributed by atoms with Crippen molar-refractivity contribution in [3.05, 3.63) is 42.1 Å². The molecule has 1 aliphatic rings. The number of halogens is 1. The minimum absolute atomic E-state index is 0.854. The molecule has 0 aromatic heterocycles. The van der Waals surface area contributed by atoms with Gasteiger partial charge >= 0.3 is 0 Å². The second-order valence-electron chi connectivity index (χ2n) is 3.35. The average Bonchev–Trinajstić information content (AvgIpc) is 2.56. The van der Waals surface area contributed by atoms with E-state index in [-0.39, 0.29) is 0 Å². The predicted molar refractivity (Wildman–Crippen MR) is 58.0 cm³/mol. The minimum atomic E-state index is -4.69. The fraction of sp³-hybridized carbons (Fsp3) is 0.182. The summed E-state index contributed by atoms with van der Waals surface area (Å²) in [7, 11) is -4.69. The quantitative estimate of drug-likeness (QED) is 0.590. The van der Waals surface area contributed by atoms with Crippen molar-refractivity contribution in [2.24, 2.45) is 4.99 Å². The van der Waals surface area contributed by atoms with Crippen molar-refractivity contribution in [2.75, 3.05) is 13.1 Å². The molecule has 1 aromatic rings. The van der Waals surface area contributed by atoms with Gasteiger partial charge in [0.1, 0.15) is 0 Å². The maximum Gasteiger partial charge on any atom is 0.0777 e. The highest BCUT2D eigenvalue weighted by Gasteiger charge is 1.99. The lowest BCUT2D eigenvalue weighted by atomic mass is 10.1. The first-order valence-corrected chi connectivity index (χ1v) is 6.35. The van der Waals surface area contributed by atoms with E-state index < -0.39 is 10.2 Å². The van der Waals surface area contributed by atoms with E-state index in [0.29, 0.717) is 0 Å². The van der Waals surface area contributed by atoms with Gasteiger partial charge in [-0.05, 0) is 5.56 Å². The molecule has 1 heterocycles. The van der Waals surface area contributed by atoms with Crippen LogP contribution in [0.25, 0.3) is 5.57 Å². The molecule has 0 atom stereocenters. The molecule has 7 heteroatoms. The van der Waals surface area contributed by atoms with Gasteiger partial charge in [0.25, 0.3) is 0 Å². The number of aliphatic imine (C=N–C) groups is 1. The predicted octanol–water partition coefficient (Wildman–Crippen LogP) is -2.42. The van der Waals surface area contributed by atoms with Gasteiger partial charge in [-0.25, -0.2) is 0 Å². The average molecular weight is 273 g/mol. The zero-order valence-corrected chi connectivity index (χ0v) is 10.2. The zero-order chi connectivity index (χ0) is 13.4. The summed E-state index contributed by atoms with van der Waals surface area (Å²) in [6.07, 6.45) is 3.95. The summed E-state index contributed by atoms with van der Waals surface area (Å²) >= 11 is 0. The van der Waals surface area contributed by atoms with Crippen LogP contribution in [0.2, 0.25) is 0 Å². The van der Waals surface area contributed by atoms with Crippen molar-refractivity contribution in [1.29, 1.82) is 0 Å². The van der Waals surface area contributed by atoms with Crippen LogP contribution in [0.15, 0.2) is 41.5 Å². The van der Waals surface area contributed by atoms with Crippen molar-refractivity contribution >= 4 is 11.8 Å². The van der Waals surface area contributed by atoms with Gasteiger partial charge in [0.15, 0.2) is 0 Å². The second-order valence-corrected chi connectivity index (χ2v) is 4.14. The Morgan fingerprint density at radius 3 is 2.39 bits per heavy atom. The first kappa shape index (κ1) is 14.6. The fourth-order valence-corrected chi connectivity index (χ4v) is 1.30. The van der Waals surface area contributed by atoms with Crippen LogP contribution in [-0.2, 0) is 0 Å². The smallest absolute Gasteiger partial charge is 0.0777 e. The topological polar surface area (TPSA) is 114 Å². The van der Waals surface area contributed by atoms with Crippen LogP contribution in [-0.4, -0.2) is 24.0 Å². The van der Waals surface area contributed by atoms with E-state index in [2.05, 4.69) is 22.4 Å². The molecular weight excluding hydrogens is 260 g/mol. The standard InChI is InChI=1S/C11H12N2.ClHO4/c1-2-4-10(5-3-1)11-8-12-6-7-13-9-11;2-1(3,4)5/h1-5,8-9,12H,6-7H2;(H,2,3,4,5). The van der Waals surface area contributed by atoms with Crippen molar-refractivity contribution in [3.8, 4) is 0 Å². The summed E-state index contributed by atoms with van der Waals surface area (Å²) in [5.41, 5.74) is 2.36. The van der Waals surface area contributed by atoms with E-state index in [0.717, 1.165) is 18.7 Å². The van der Waals surface area contributed by atoms with Crippen LogP contribution < -0.4 is 19.3 Å². The molecule has 0 bridgehead atoms. The molecule has 98 valence electrons. The van der Waals surface area contributed by atoms with Gasteiger partial charge in [-0.2, -0.15) is 14.0 Å². The van der Waals surface area contributed by atoms with Crippen molar-refractivity contribution in [3.63, 3.8) is 0 Å². The Morgan fingerprint density at radius 2 is 1.78 bits per heavy atom. The lowest BCUT2D eigenvalue weighted by molar-refractivity contribution is -1.92. The SMILES string of the molecule is C1=NCCNC=C1c1ccccc1.[O-][Cl+3]([O-])([O-])O. The fourth-order valence-electron chi connectivity index (χ4n) is 1.30. The number of hydrogen-bond acceptors (Lipinski definition) is 6. The first-order chi connectivity index (χ1) is 8.47. The van der Waals surface area contributed by atoms with Gasteiger partial charge in [-0.15, -0.1) is 0 Å². The van der Waals surface area contributed by atoms with Crippen LogP contribution in [0.4, 0.5) is 0 Å². The molecule has 0 aliphatic carbocycles. The summed E-state index contributed by atoms with van der Waals surface area (Å²) in [6, 6.07) is 10.3. The van der Waals surface area contributed by atoms with E-state index in [1.165, 1.54) is 5.56 Å². The monoisotopic (exact) mass is 272 g/mol. The Morgan fingerprint density at radius 1 is 1.17 bits per heavy atom. The lowest BCUT2D eigenvalue weighted by Gasteiger charge is -2.03. The number of allylic oxidation sites excluding steroid dienone is 1. The summed E-state index contributed by atoms with van der Waals surface area (Å²) in [6.45, 7) is 1.78. The van der Waals surface area contributed by atoms with Crippen LogP contribution >= 0.6 is 0 Å². The van der Waals surface area contributed by atoms with Crippen molar-refractivity contribution in [1.82, 2.24) is 5.32 Å². The minimum Gasteiger partial charge on any atom is -0.388 e. The number of nitrogens with zero attached hydrogens (tertiary/aromatic N) is 1. The Hall–Kier alpha value is -1.44. The third-order valence-electron chi connectivity index (χ3n) is 1.98. The summed E-state index contributed by atoms with van der Waals surface area (Å²) < 4.78 is 32.7. The molecule has 0 spiro atoms. The molecular formula is C11H13ClN2O4. The van der Waals surface area contributed by atoms with Crippen LogP contribution in [0, 0.1) is 10.2 Å². The number of hydrogen-bond donors (Lipinski definition) is 2. The highest BCUT2D eigenvalue weighted by Crippen LogP contribution is 2.11. The molecule has 0 saturated heterocycles. The second kappa shape index (κ2) is 7.10. The van der Waals surface area contributed by atoms with Gasteiger partial charge in [-0.3, -0.25) is 4.99 Å². The molecule has 1 aromatic carbocycles. The lowest BCUT2D eigenvalue weighted by Crippen LogP contribution is -2.58. The van der Waals surface area contributed by atoms with Gasteiger partial charge in [0, 0.05) is 24.5 Å². The Balaban J connectivity index is 0.000000280. The van der Waals surface area contributed by atoms with Crippen molar-refractivity contribution < 1.29 is 28.9 Å². The number of rotatable bonds is 1. The van der Waals surface area contributed by atoms with Gasteiger partial charge in [0.2, 0.25) is 0 Å². The normalized spacial score (nSPS) is 14.8. The maximum atomic E-state index is 8.60. The first-order valence-electron chi connectivity index (χ1n) is 5.09. The summed E-state index contributed by atoms with van der Waals surface area (Å²) in [5, 5.41) is 3.21. The Kier molecular flexibility index (Phi) is 5.76. The summed E-state index contributed by atoms with van der Waals surface area (Å²) in [4.78, 5) is 4.27. The zero-order valence-electron chi connectivity index (χ0n) is 9.45. The molecule has 1 aliphatic heterocycles.